The minimum Gasteiger partial charge on any atom is -0.493 e. The van der Waals surface area contributed by atoms with Crippen LogP contribution in [0.15, 0.2) is 18.2 Å². The van der Waals surface area contributed by atoms with E-state index in [1.165, 1.54) is 44.2 Å². The van der Waals surface area contributed by atoms with Gasteiger partial charge in [0.05, 0.1) is 33.0 Å². The van der Waals surface area contributed by atoms with Crippen LogP contribution in [0, 0.1) is 0 Å². The molecule has 2 heterocycles. The molecule has 0 bridgehead atoms. The predicted molar refractivity (Wildman–Crippen MR) is 103 cm³/mol. The average Bonchev–Trinajstić information content (AvgIpc) is 3.45. The molecule has 0 aromatic heterocycles. The van der Waals surface area contributed by atoms with E-state index in [4.69, 9.17) is 19.0 Å². The molecule has 2 aliphatic heterocycles. The summed E-state index contributed by atoms with van der Waals surface area (Å²) in [4.78, 5) is 8.01. The molecule has 3 unspecified atom stereocenters. The van der Waals surface area contributed by atoms with Crippen molar-refractivity contribution in [2.24, 2.45) is 0 Å². The molecule has 1 aliphatic carbocycles. The van der Waals surface area contributed by atoms with Crippen LogP contribution in [0.3, 0.4) is 0 Å². The van der Waals surface area contributed by atoms with E-state index in [2.05, 4.69) is 22.1 Å². The van der Waals surface area contributed by atoms with Crippen LogP contribution < -0.4 is 9.47 Å². The third-order valence-corrected chi connectivity index (χ3v) is 6.19. The fourth-order valence-corrected chi connectivity index (χ4v) is 4.60. The van der Waals surface area contributed by atoms with Crippen LogP contribution in [0.1, 0.15) is 37.7 Å². The van der Waals surface area contributed by atoms with E-state index in [0.717, 1.165) is 37.8 Å². The van der Waals surface area contributed by atoms with Crippen molar-refractivity contribution < 1.29 is 19.0 Å². The summed E-state index contributed by atoms with van der Waals surface area (Å²) in [5, 5.41) is 2.12. The number of methoxy groups -OCH3 is 2. The summed E-state index contributed by atoms with van der Waals surface area (Å²) >= 11 is 0. The van der Waals surface area contributed by atoms with E-state index in [9.17, 15) is 0 Å². The van der Waals surface area contributed by atoms with E-state index in [1.807, 2.05) is 6.07 Å². The first kappa shape index (κ1) is 19.0. The highest BCUT2D eigenvalue weighted by molar-refractivity contribution is 5.42. The first-order valence-electron chi connectivity index (χ1n) is 10.2. The molecule has 0 N–H and O–H groups in total. The topological polar surface area (TPSA) is 46.5 Å². The van der Waals surface area contributed by atoms with Gasteiger partial charge >= 0.3 is 0 Å². The summed E-state index contributed by atoms with van der Waals surface area (Å²) in [6, 6.07) is 7.26. The van der Waals surface area contributed by atoms with Gasteiger partial charge < -0.3 is 14.2 Å². The number of likely N-dealkylation sites (tertiary alicyclic amines) is 1. The normalized spacial score (nSPS) is 31.0. The molecule has 1 aromatic rings. The molecule has 0 spiro atoms. The fraction of sp³-hybridized carbons (Fsp3) is 0.714. The van der Waals surface area contributed by atoms with Crippen molar-refractivity contribution in [1.29, 1.82) is 0 Å². The maximum Gasteiger partial charge on any atom is 0.160 e. The van der Waals surface area contributed by atoms with Crippen LogP contribution in [0.25, 0.3) is 0 Å². The lowest BCUT2D eigenvalue weighted by Gasteiger charge is -2.38. The molecule has 2 saturated heterocycles. The van der Waals surface area contributed by atoms with Gasteiger partial charge in [-0.25, -0.2) is 0 Å². The number of ether oxygens (including phenoxy) is 3. The SMILES string of the molecule is COc1ccc(CCO[C@H]2CCCCC2N2CCC(N3CO3)C2)cc1OC. The highest BCUT2D eigenvalue weighted by atomic mass is 16.8. The van der Waals surface area contributed by atoms with Crippen LogP contribution in [-0.4, -0.2) is 68.8 Å². The van der Waals surface area contributed by atoms with Gasteiger partial charge in [-0.2, -0.15) is 5.06 Å². The van der Waals surface area contributed by atoms with E-state index < -0.39 is 0 Å². The number of hydroxylamine groups is 2. The molecule has 3 fully saturated rings. The summed E-state index contributed by atoms with van der Waals surface area (Å²) in [7, 11) is 3.34. The second kappa shape index (κ2) is 8.78. The maximum absolute atomic E-state index is 6.39. The summed E-state index contributed by atoms with van der Waals surface area (Å²) in [6.07, 6.45) is 7.51. The Bertz CT molecular complexity index is 622. The van der Waals surface area contributed by atoms with E-state index in [1.54, 1.807) is 14.2 Å². The Morgan fingerprint density at radius 3 is 2.67 bits per heavy atom. The Kier molecular flexibility index (Phi) is 6.18. The summed E-state index contributed by atoms with van der Waals surface area (Å²) in [5.41, 5.74) is 1.22. The van der Waals surface area contributed by atoms with Gasteiger partial charge in [-0.05, 0) is 43.4 Å². The molecule has 27 heavy (non-hydrogen) atoms. The highest BCUT2D eigenvalue weighted by Gasteiger charge is 2.40. The van der Waals surface area contributed by atoms with Crippen molar-refractivity contribution in [3.05, 3.63) is 23.8 Å². The Labute approximate surface area is 162 Å². The largest absolute Gasteiger partial charge is 0.493 e. The summed E-state index contributed by atoms with van der Waals surface area (Å²) < 4.78 is 17.1. The van der Waals surface area contributed by atoms with Crippen LogP contribution in [0.4, 0.5) is 0 Å². The van der Waals surface area contributed by atoms with Crippen LogP contribution >= 0.6 is 0 Å². The van der Waals surface area contributed by atoms with Gasteiger partial charge in [0.1, 0.15) is 6.73 Å². The Hall–Kier alpha value is -1.34. The predicted octanol–water partition coefficient (Wildman–Crippen LogP) is 2.85. The molecular weight excluding hydrogens is 344 g/mol. The third kappa shape index (κ3) is 4.57. The third-order valence-electron chi connectivity index (χ3n) is 6.19. The monoisotopic (exact) mass is 376 g/mol. The Morgan fingerprint density at radius 1 is 1.07 bits per heavy atom. The molecule has 0 radical (unpaired) electrons. The average molecular weight is 376 g/mol. The van der Waals surface area contributed by atoms with Crippen molar-refractivity contribution in [2.45, 2.75) is 56.7 Å². The lowest BCUT2D eigenvalue weighted by Crippen LogP contribution is -2.46. The quantitative estimate of drug-likeness (QED) is 0.650. The molecule has 6 nitrogen and oxygen atoms in total. The second-order valence-electron chi connectivity index (χ2n) is 7.81. The lowest BCUT2D eigenvalue weighted by atomic mass is 9.91. The molecule has 4 atom stereocenters. The molecule has 4 rings (SSSR count). The number of benzene rings is 1. The van der Waals surface area contributed by atoms with Gasteiger partial charge in [0.2, 0.25) is 0 Å². The van der Waals surface area contributed by atoms with E-state index in [0.29, 0.717) is 18.2 Å². The zero-order valence-corrected chi connectivity index (χ0v) is 16.6. The van der Waals surface area contributed by atoms with Gasteiger partial charge in [-0.3, -0.25) is 9.74 Å². The molecule has 3 aliphatic rings. The Balaban J connectivity index is 1.30. The first-order chi connectivity index (χ1) is 13.3. The molecule has 6 heteroatoms. The Morgan fingerprint density at radius 2 is 1.89 bits per heavy atom. The summed E-state index contributed by atoms with van der Waals surface area (Å²) in [6.45, 7) is 3.86. The molecule has 150 valence electrons. The standard InChI is InChI=1S/C21H32N2O4/c1-24-20-8-7-16(13-21(20)25-2)10-12-26-19-6-4-3-5-18(19)22-11-9-17(14-22)23-15-27-23/h7-8,13,17-19H,3-6,9-12,14-15H2,1-2H3/t17?,18?,19-,23?/m0/s1. The minimum absolute atomic E-state index is 0.354. The first-order valence-corrected chi connectivity index (χ1v) is 10.2. The van der Waals surface area contributed by atoms with Crippen molar-refractivity contribution >= 4 is 0 Å². The molecule has 1 saturated carbocycles. The van der Waals surface area contributed by atoms with Crippen molar-refractivity contribution in [3.63, 3.8) is 0 Å². The molecule has 0 amide bonds. The zero-order chi connectivity index (χ0) is 18.6. The van der Waals surface area contributed by atoms with Gasteiger partial charge in [0.25, 0.3) is 0 Å². The highest BCUT2D eigenvalue weighted by Crippen LogP contribution is 2.31. The number of rotatable bonds is 8. The smallest absolute Gasteiger partial charge is 0.160 e. The van der Waals surface area contributed by atoms with Gasteiger partial charge in [0.15, 0.2) is 11.5 Å². The number of nitrogens with zero attached hydrogens (tertiary/aromatic N) is 2. The van der Waals surface area contributed by atoms with Crippen LogP contribution in [-0.2, 0) is 16.0 Å². The maximum atomic E-state index is 6.39. The van der Waals surface area contributed by atoms with E-state index >= 15 is 0 Å². The fourth-order valence-electron chi connectivity index (χ4n) is 4.60. The van der Waals surface area contributed by atoms with Crippen molar-refractivity contribution in [2.75, 3.05) is 40.6 Å². The minimum atomic E-state index is 0.354. The zero-order valence-electron chi connectivity index (χ0n) is 16.6. The van der Waals surface area contributed by atoms with Crippen molar-refractivity contribution in [1.82, 2.24) is 9.96 Å². The number of hydrogen-bond donors (Lipinski definition) is 0. The lowest BCUT2D eigenvalue weighted by molar-refractivity contribution is -0.0309. The van der Waals surface area contributed by atoms with Crippen LogP contribution in [0.2, 0.25) is 0 Å². The number of hydrogen-bond acceptors (Lipinski definition) is 6. The van der Waals surface area contributed by atoms with Crippen molar-refractivity contribution in [3.8, 4) is 11.5 Å². The molecular formula is C21H32N2O4. The van der Waals surface area contributed by atoms with Gasteiger partial charge in [0, 0.05) is 19.1 Å². The summed E-state index contributed by atoms with van der Waals surface area (Å²) in [5.74, 6) is 1.56. The second-order valence-corrected chi connectivity index (χ2v) is 7.81. The van der Waals surface area contributed by atoms with Crippen LogP contribution in [0.5, 0.6) is 11.5 Å². The van der Waals surface area contributed by atoms with Gasteiger partial charge in [-0.1, -0.05) is 18.9 Å². The van der Waals surface area contributed by atoms with E-state index in [-0.39, 0.29) is 0 Å². The van der Waals surface area contributed by atoms with Gasteiger partial charge in [-0.15, -0.1) is 0 Å². The molecule has 1 aromatic carbocycles.